The standard InChI is InChI=1S/C20H22ClNO4S/c1-12-9-16(18(24-3)11-15(12)21)22-20(23)13(2)27-14-5-6-17-19(10-14)26-8-4-7-25-17/h5-6,9-11,13H,4,7-8H2,1-3H3,(H,22,23)/t13-/m1/s1. The number of carbonyl (C=O) groups is 1. The Kier molecular flexibility index (Phi) is 6.39. The number of hydrogen-bond donors (Lipinski definition) is 1. The maximum Gasteiger partial charge on any atom is 0.237 e. The third kappa shape index (κ3) is 4.82. The van der Waals surface area contributed by atoms with Crippen LogP contribution < -0.4 is 19.5 Å². The number of carbonyl (C=O) groups excluding carboxylic acids is 1. The maximum atomic E-state index is 12.6. The van der Waals surface area contributed by atoms with Crippen molar-refractivity contribution in [2.75, 3.05) is 25.6 Å². The van der Waals surface area contributed by atoms with Crippen LogP contribution in [0.1, 0.15) is 18.9 Å². The van der Waals surface area contributed by atoms with E-state index < -0.39 is 0 Å². The summed E-state index contributed by atoms with van der Waals surface area (Å²) in [5.74, 6) is 1.88. The van der Waals surface area contributed by atoms with Crippen molar-refractivity contribution in [2.45, 2.75) is 30.4 Å². The van der Waals surface area contributed by atoms with Crippen molar-refractivity contribution in [3.05, 3.63) is 40.9 Å². The molecule has 1 atom stereocenters. The van der Waals surface area contributed by atoms with Gasteiger partial charge in [0.05, 0.1) is 31.3 Å². The van der Waals surface area contributed by atoms with Crippen LogP contribution in [0.3, 0.4) is 0 Å². The second-order valence-electron chi connectivity index (χ2n) is 6.21. The van der Waals surface area contributed by atoms with Crippen LogP contribution in [0.15, 0.2) is 35.2 Å². The average Bonchev–Trinajstić information content (AvgIpc) is 2.89. The molecule has 1 aliphatic heterocycles. The van der Waals surface area contributed by atoms with Crippen molar-refractivity contribution in [3.63, 3.8) is 0 Å². The summed E-state index contributed by atoms with van der Waals surface area (Å²) in [4.78, 5) is 13.6. The molecule has 1 amide bonds. The third-order valence-corrected chi connectivity index (χ3v) is 5.64. The minimum Gasteiger partial charge on any atom is -0.495 e. The van der Waals surface area contributed by atoms with E-state index in [1.165, 1.54) is 11.8 Å². The van der Waals surface area contributed by atoms with Gasteiger partial charge in [-0.3, -0.25) is 4.79 Å². The number of halogens is 1. The molecule has 1 heterocycles. The molecule has 0 fully saturated rings. The molecule has 0 bridgehead atoms. The van der Waals surface area contributed by atoms with Gasteiger partial charge in [0.25, 0.3) is 0 Å². The zero-order valence-electron chi connectivity index (χ0n) is 15.5. The molecule has 2 aromatic rings. The lowest BCUT2D eigenvalue weighted by atomic mass is 10.2. The molecule has 1 aliphatic rings. The summed E-state index contributed by atoms with van der Waals surface area (Å²) < 4.78 is 16.7. The Labute approximate surface area is 168 Å². The normalized spacial score (nSPS) is 14.2. The first-order valence-corrected chi connectivity index (χ1v) is 9.95. The Morgan fingerprint density at radius 3 is 2.70 bits per heavy atom. The minimum atomic E-state index is -0.310. The quantitative estimate of drug-likeness (QED) is 0.711. The predicted octanol–water partition coefficient (Wildman–Crippen LogP) is 4.94. The molecular formula is C20H22ClNO4S. The first-order valence-electron chi connectivity index (χ1n) is 8.69. The summed E-state index contributed by atoms with van der Waals surface area (Å²) >= 11 is 7.58. The van der Waals surface area contributed by atoms with Gasteiger partial charge in [-0.15, -0.1) is 11.8 Å². The molecule has 0 spiro atoms. The monoisotopic (exact) mass is 407 g/mol. The largest absolute Gasteiger partial charge is 0.495 e. The van der Waals surface area contributed by atoms with Crippen LogP contribution in [0.25, 0.3) is 0 Å². The zero-order chi connectivity index (χ0) is 19.4. The van der Waals surface area contributed by atoms with E-state index in [0.717, 1.165) is 28.4 Å². The van der Waals surface area contributed by atoms with Gasteiger partial charge < -0.3 is 19.5 Å². The first-order chi connectivity index (χ1) is 13.0. The molecular weight excluding hydrogens is 386 g/mol. The number of thioether (sulfide) groups is 1. The van der Waals surface area contributed by atoms with Crippen LogP contribution >= 0.6 is 23.4 Å². The number of nitrogens with one attached hydrogen (secondary N) is 1. The van der Waals surface area contributed by atoms with Gasteiger partial charge in [0.1, 0.15) is 5.75 Å². The molecule has 0 saturated heterocycles. The highest BCUT2D eigenvalue weighted by atomic mass is 35.5. The molecule has 0 aliphatic carbocycles. The fourth-order valence-corrected chi connectivity index (χ4v) is 3.69. The molecule has 5 nitrogen and oxygen atoms in total. The molecule has 2 aromatic carbocycles. The summed E-state index contributed by atoms with van der Waals surface area (Å²) in [6, 6.07) is 9.26. The highest BCUT2D eigenvalue weighted by molar-refractivity contribution is 8.00. The molecule has 144 valence electrons. The molecule has 0 aromatic heterocycles. The lowest BCUT2D eigenvalue weighted by Crippen LogP contribution is -2.22. The number of methoxy groups -OCH3 is 1. The van der Waals surface area contributed by atoms with E-state index >= 15 is 0 Å². The average molecular weight is 408 g/mol. The maximum absolute atomic E-state index is 12.6. The van der Waals surface area contributed by atoms with Crippen LogP contribution in [0.5, 0.6) is 17.2 Å². The summed E-state index contributed by atoms with van der Waals surface area (Å²) in [6.07, 6.45) is 0.859. The van der Waals surface area contributed by atoms with Crippen molar-refractivity contribution in [2.24, 2.45) is 0 Å². The number of aryl methyl sites for hydroxylation is 1. The highest BCUT2D eigenvalue weighted by Crippen LogP contribution is 2.36. The van der Waals surface area contributed by atoms with Crippen LogP contribution in [0.2, 0.25) is 5.02 Å². The van der Waals surface area contributed by atoms with Crippen molar-refractivity contribution >= 4 is 35.0 Å². The lowest BCUT2D eigenvalue weighted by Gasteiger charge is -2.16. The number of amides is 1. The minimum absolute atomic E-state index is 0.118. The van der Waals surface area contributed by atoms with Gasteiger partial charge in [-0.2, -0.15) is 0 Å². The van der Waals surface area contributed by atoms with Crippen LogP contribution in [-0.4, -0.2) is 31.5 Å². The van der Waals surface area contributed by atoms with Crippen LogP contribution in [0.4, 0.5) is 5.69 Å². The number of rotatable bonds is 5. The van der Waals surface area contributed by atoms with Gasteiger partial charge >= 0.3 is 0 Å². The van der Waals surface area contributed by atoms with Crippen molar-refractivity contribution in [1.82, 2.24) is 0 Å². The smallest absolute Gasteiger partial charge is 0.237 e. The van der Waals surface area contributed by atoms with Crippen molar-refractivity contribution < 1.29 is 19.0 Å². The van der Waals surface area contributed by atoms with Gasteiger partial charge in [-0.25, -0.2) is 0 Å². The molecule has 1 N–H and O–H groups in total. The molecule has 27 heavy (non-hydrogen) atoms. The van der Waals surface area contributed by atoms with Gasteiger partial charge in [0.15, 0.2) is 11.5 Å². The van der Waals surface area contributed by atoms with Gasteiger partial charge in [0, 0.05) is 22.4 Å². The van der Waals surface area contributed by atoms with E-state index in [1.54, 1.807) is 13.2 Å². The topological polar surface area (TPSA) is 56.8 Å². The van der Waals surface area contributed by atoms with E-state index in [2.05, 4.69) is 5.32 Å². The fourth-order valence-electron chi connectivity index (χ4n) is 2.64. The molecule has 0 saturated carbocycles. The Hall–Kier alpha value is -2.05. The van der Waals surface area contributed by atoms with Gasteiger partial charge in [-0.05, 0) is 43.7 Å². The van der Waals surface area contributed by atoms with Crippen molar-refractivity contribution in [3.8, 4) is 17.2 Å². The number of fused-ring (bicyclic) bond motifs is 1. The van der Waals surface area contributed by atoms with Crippen molar-refractivity contribution in [1.29, 1.82) is 0 Å². The third-order valence-electron chi connectivity index (χ3n) is 4.14. The van der Waals surface area contributed by atoms with Crippen LogP contribution in [0, 0.1) is 6.92 Å². The van der Waals surface area contributed by atoms with E-state index in [9.17, 15) is 4.79 Å². The Morgan fingerprint density at radius 2 is 1.96 bits per heavy atom. The van der Waals surface area contributed by atoms with Gasteiger partial charge in [-0.1, -0.05) is 11.6 Å². The molecule has 0 unspecified atom stereocenters. The number of ether oxygens (including phenoxy) is 3. The predicted molar refractivity (Wildman–Crippen MR) is 109 cm³/mol. The summed E-state index contributed by atoms with van der Waals surface area (Å²) in [5.41, 5.74) is 1.48. The van der Waals surface area contributed by atoms with Gasteiger partial charge in [0.2, 0.25) is 5.91 Å². The zero-order valence-corrected chi connectivity index (χ0v) is 17.1. The van der Waals surface area contributed by atoms with E-state index in [4.69, 9.17) is 25.8 Å². The van der Waals surface area contributed by atoms with E-state index in [1.807, 2.05) is 38.1 Å². The van der Waals surface area contributed by atoms with E-state index in [-0.39, 0.29) is 11.2 Å². The number of anilines is 1. The summed E-state index contributed by atoms with van der Waals surface area (Å²) in [6.45, 7) is 5.03. The number of benzene rings is 2. The Balaban J connectivity index is 1.70. The second kappa shape index (κ2) is 8.76. The van der Waals surface area contributed by atoms with E-state index in [0.29, 0.717) is 29.7 Å². The highest BCUT2D eigenvalue weighted by Gasteiger charge is 2.19. The fraction of sp³-hybridized carbons (Fsp3) is 0.350. The van der Waals surface area contributed by atoms with Crippen LogP contribution in [-0.2, 0) is 4.79 Å². The molecule has 3 rings (SSSR count). The molecule has 7 heteroatoms. The summed E-state index contributed by atoms with van der Waals surface area (Å²) in [7, 11) is 1.55. The lowest BCUT2D eigenvalue weighted by molar-refractivity contribution is -0.115. The Bertz CT molecular complexity index is 843. The Morgan fingerprint density at radius 1 is 1.22 bits per heavy atom. The SMILES string of the molecule is COc1cc(Cl)c(C)cc1NC(=O)[C@@H](C)Sc1ccc2c(c1)OCCCO2. The molecule has 0 radical (unpaired) electrons. The summed E-state index contributed by atoms with van der Waals surface area (Å²) in [5, 5.41) is 3.21. The number of hydrogen-bond acceptors (Lipinski definition) is 5. The second-order valence-corrected chi connectivity index (χ2v) is 8.03. The first kappa shape index (κ1) is 19.7.